The summed E-state index contributed by atoms with van der Waals surface area (Å²) >= 11 is 6.57. The summed E-state index contributed by atoms with van der Waals surface area (Å²) in [6.45, 7) is 2.85. The third kappa shape index (κ3) is 4.64. The van der Waals surface area contributed by atoms with E-state index in [4.69, 9.17) is 21.1 Å². The fourth-order valence-corrected chi connectivity index (χ4v) is 3.57. The zero-order valence-electron chi connectivity index (χ0n) is 16.7. The number of fused-ring (bicyclic) bond motifs is 1. The molecule has 0 aliphatic heterocycles. The molecular weight excluding hydrogens is 394 g/mol. The van der Waals surface area contributed by atoms with Crippen LogP contribution in [-0.4, -0.2) is 12.8 Å². The van der Waals surface area contributed by atoms with Gasteiger partial charge in [-0.3, -0.25) is 4.99 Å². The molecule has 0 N–H and O–H groups in total. The molecule has 3 nitrogen and oxygen atoms in total. The zero-order chi connectivity index (χ0) is 20.8. The van der Waals surface area contributed by atoms with Crippen molar-refractivity contribution in [1.29, 1.82) is 0 Å². The Kier molecular flexibility index (Phi) is 6.31. The lowest BCUT2D eigenvalue weighted by atomic mass is 10.1. The molecule has 0 aliphatic rings. The first-order valence-electron chi connectivity index (χ1n) is 9.89. The molecule has 4 aromatic carbocycles. The van der Waals surface area contributed by atoms with Crippen LogP contribution in [0.25, 0.3) is 10.8 Å². The predicted octanol–water partition coefficient (Wildman–Crippen LogP) is 7.22. The second-order valence-electron chi connectivity index (χ2n) is 6.78. The largest absolute Gasteiger partial charge is 0.490 e. The van der Waals surface area contributed by atoms with Crippen LogP contribution in [-0.2, 0) is 6.61 Å². The van der Waals surface area contributed by atoms with Crippen molar-refractivity contribution in [2.24, 2.45) is 4.99 Å². The Balaban J connectivity index is 1.60. The van der Waals surface area contributed by atoms with Gasteiger partial charge in [0.15, 0.2) is 11.5 Å². The maximum atomic E-state index is 6.57. The van der Waals surface area contributed by atoms with Crippen LogP contribution >= 0.6 is 11.6 Å². The fourth-order valence-electron chi connectivity index (χ4n) is 3.30. The Morgan fingerprint density at radius 1 is 0.867 bits per heavy atom. The minimum absolute atomic E-state index is 0.401. The van der Waals surface area contributed by atoms with Gasteiger partial charge in [0.1, 0.15) is 6.61 Å². The lowest BCUT2D eigenvalue weighted by Crippen LogP contribution is -2.02. The first-order chi connectivity index (χ1) is 14.7. The first-order valence-corrected chi connectivity index (χ1v) is 10.3. The topological polar surface area (TPSA) is 30.8 Å². The van der Waals surface area contributed by atoms with E-state index in [0.29, 0.717) is 29.7 Å². The minimum atomic E-state index is 0.401. The maximum Gasteiger partial charge on any atom is 0.180 e. The van der Waals surface area contributed by atoms with E-state index in [2.05, 4.69) is 29.3 Å². The average Bonchev–Trinajstić information content (AvgIpc) is 2.78. The van der Waals surface area contributed by atoms with Gasteiger partial charge in [0.2, 0.25) is 0 Å². The molecule has 4 heteroatoms. The van der Waals surface area contributed by atoms with Gasteiger partial charge in [-0.15, -0.1) is 0 Å². The van der Waals surface area contributed by atoms with Crippen LogP contribution in [0.4, 0.5) is 5.69 Å². The summed E-state index contributed by atoms with van der Waals surface area (Å²) in [7, 11) is 0. The number of hydrogen-bond acceptors (Lipinski definition) is 3. The average molecular weight is 416 g/mol. The highest BCUT2D eigenvalue weighted by molar-refractivity contribution is 6.32. The van der Waals surface area contributed by atoms with Crippen molar-refractivity contribution in [3.63, 3.8) is 0 Å². The Bertz CT molecular complexity index is 1170. The summed E-state index contributed by atoms with van der Waals surface area (Å²) in [6, 6.07) is 28.0. The van der Waals surface area contributed by atoms with E-state index in [1.807, 2.05) is 67.6 Å². The molecule has 0 radical (unpaired) electrons. The summed E-state index contributed by atoms with van der Waals surface area (Å²) in [5, 5.41) is 2.85. The second-order valence-corrected chi connectivity index (χ2v) is 7.19. The monoisotopic (exact) mass is 415 g/mol. The van der Waals surface area contributed by atoms with Crippen molar-refractivity contribution in [3.8, 4) is 11.5 Å². The number of para-hydroxylation sites is 1. The number of halogens is 1. The molecule has 0 spiro atoms. The molecular formula is C26H22ClNO2. The van der Waals surface area contributed by atoms with Crippen LogP contribution in [0.3, 0.4) is 0 Å². The third-order valence-electron chi connectivity index (χ3n) is 4.70. The first kappa shape index (κ1) is 20.0. The Morgan fingerprint density at radius 2 is 1.63 bits per heavy atom. The molecule has 0 amide bonds. The van der Waals surface area contributed by atoms with Crippen molar-refractivity contribution in [2.75, 3.05) is 6.61 Å². The Morgan fingerprint density at radius 3 is 2.47 bits per heavy atom. The summed E-state index contributed by atoms with van der Waals surface area (Å²) in [4.78, 5) is 4.50. The van der Waals surface area contributed by atoms with E-state index >= 15 is 0 Å². The van der Waals surface area contributed by atoms with Gasteiger partial charge in [-0.2, -0.15) is 0 Å². The summed E-state index contributed by atoms with van der Waals surface area (Å²) in [6.07, 6.45) is 1.78. The molecule has 4 aromatic rings. The molecule has 0 aromatic heterocycles. The smallest absolute Gasteiger partial charge is 0.180 e. The zero-order valence-corrected chi connectivity index (χ0v) is 17.5. The Hall–Kier alpha value is -3.30. The van der Waals surface area contributed by atoms with Crippen molar-refractivity contribution in [1.82, 2.24) is 0 Å². The third-order valence-corrected chi connectivity index (χ3v) is 4.98. The van der Waals surface area contributed by atoms with Gasteiger partial charge in [-0.1, -0.05) is 72.3 Å². The van der Waals surface area contributed by atoms with Crippen molar-refractivity contribution in [2.45, 2.75) is 13.5 Å². The number of hydrogen-bond donors (Lipinski definition) is 0. The molecule has 30 heavy (non-hydrogen) atoms. The molecule has 0 saturated heterocycles. The van der Waals surface area contributed by atoms with Crippen LogP contribution in [0.15, 0.2) is 89.9 Å². The van der Waals surface area contributed by atoms with Crippen molar-refractivity contribution in [3.05, 3.63) is 101 Å². The second kappa shape index (κ2) is 9.47. The number of rotatable bonds is 7. The molecule has 0 saturated carbocycles. The molecule has 0 atom stereocenters. The number of benzene rings is 4. The normalized spacial score (nSPS) is 11.1. The lowest BCUT2D eigenvalue weighted by molar-refractivity contribution is 0.270. The van der Waals surface area contributed by atoms with E-state index in [0.717, 1.165) is 16.8 Å². The van der Waals surface area contributed by atoms with Gasteiger partial charge in [-0.25, -0.2) is 0 Å². The minimum Gasteiger partial charge on any atom is -0.490 e. The van der Waals surface area contributed by atoms with E-state index in [1.165, 1.54) is 10.8 Å². The maximum absolute atomic E-state index is 6.57. The number of nitrogens with zero attached hydrogens (tertiary/aromatic N) is 1. The van der Waals surface area contributed by atoms with Gasteiger partial charge < -0.3 is 9.47 Å². The quantitative estimate of drug-likeness (QED) is 0.298. The highest BCUT2D eigenvalue weighted by atomic mass is 35.5. The summed E-state index contributed by atoms with van der Waals surface area (Å²) < 4.78 is 11.9. The van der Waals surface area contributed by atoms with Gasteiger partial charge in [0, 0.05) is 6.21 Å². The lowest BCUT2D eigenvalue weighted by Gasteiger charge is -2.15. The molecule has 150 valence electrons. The molecule has 0 unspecified atom stereocenters. The van der Waals surface area contributed by atoms with Gasteiger partial charge in [-0.05, 0) is 53.1 Å². The summed E-state index contributed by atoms with van der Waals surface area (Å²) in [5.41, 5.74) is 2.83. The van der Waals surface area contributed by atoms with Crippen LogP contribution in [0, 0.1) is 0 Å². The van der Waals surface area contributed by atoms with Gasteiger partial charge >= 0.3 is 0 Å². The SMILES string of the molecule is CCOc1cc(C=Nc2ccccc2)cc(Cl)c1OCc1cccc2ccccc12. The highest BCUT2D eigenvalue weighted by Crippen LogP contribution is 2.37. The van der Waals surface area contributed by atoms with Crippen LogP contribution in [0.5, 0.6) is 11.5 Å². The predicted molar refractivity (Wildman–Crippen MR) is 125 cm³/mol. The number of ether oxygens (including phenoxy) is 2. The summed E-state index contributed by atoms with van der Waals surface area (Å²) in [5.74, 6) is 1.16. The van der Waals surface area contributed by atoms with Crippen LogP contribution in [0.1, 0.15) is 18.1 Å². The standard InChI is InChI=1S/C26H22ClNO2/c1-2-29-25-16-19(17-28-22-12-4-3-5-13-22)15-24(27)26(25)30-18-21-11-8-10-20-9-6-7-14-23(20)21/h3-17H,2,18H2,1H3. The van der Waals surface area contributed by atoms with Gasteiger partial charge in [0.05, 0.1) is 17.3 Å². The van der Waals surface area contributed by atoms with Crippen molar-refractivity contribution < 1.29 is 9.47 Å². The van der Waals surface area contributed by atoms with E-state index < -0.39 is 0 Å². The van der Waals surface area contributed by atoms with E-state index in [-0.39, 0.29) is 0 Å². The highest BCUT2D eigenvalue weighted by Gasteiger charge is 2.13. The molecule has 4 rings (SSSR count). The van der Waals surface area contributed by atoms with Crippen molar-refractivity contribution >= 4 is 34.3 Å². The van der Waals surface area contributed by atoms with Crippen LogP contribution in [0.2, 0.25) is 5.02 Å². The van der Waals surface area contributed by atoms with E-state index in [1.54, 1.807) is 6.21 Å². The molecule has 0 heterocycles. The molecule has 0 fully saturated rings. The van der Waals surface area contributed by atoms with Gasteiger partial charge in [0.25, 0.3) is 0 Å². The molecule has 0 aliphatic carbocycles. The Labute approximate surface area is 181 Å². The van der Waals surface area contributed by atoms with E-state index in [9.17, 15) is 0 Å². The fraction of sp³-hybridized carbons (Fsp3) is 0.115. The molecule has 0 bridgehead atoms. The number of aliphatic imine (C=N–C) groups is 1. The van der Waals surface area contributed by atoms with Crippen LogP contribution < -0.4 is 9.47 Å².